The van der Waals surface area contributed by atoms with E-state index in [1.54, 1.807) is 0 Å². The smallest absolute Gasteiger partial charge is 0.278 e. The van der Waals surface area contributed by atoms with Gasteiger partial charge in [0.25, 0.3) is 5.56 Å². The molecule has 0 atom stereocenters. The van der Waals surface area contributed by atoms with Crippen LogP contribution in [0.25, 0.3) is 11.2 Å². The van der Waals surface area contributed by atoms with E-state index in [2.05, 4.69) is 26.9 Å². The number of rotatable bonds is 5. The number of nitrogen functional groups attached to an aromatic ring is 1. The van der Waals surface area contributed by atoms with Crippen LogP contribution in [-0.4, -0.2) is 19.9 Å². The van der Waals surface area contributed by atoms with Gasteiger partial charge < -0.3 is 10.7 Å². The second-order valence-electron chi connectivity index (χ2n) is 4.14. The maximum absolute atomic E-state index is 11.5. The molecule has 2 aromatic rings. The van der Waals surface area contributed by atoms with Crippen molar-refractivity contribution in [3.8, 4) is 0 Å². The molecule has 92 valence electrons. The lowest BCUT2D eigenvalue weighted by molar-refractivity contribution is 0.656. The molecule has 0 fully saturated rings. The Morgan fingerprint density at radius 2 is 2.00 bits per heavy atom. The first-order chi connectivity index (χ1) is 8.20. The van der Waals surface area contributed by atoms with Gasteiger partial charge in [0.15, 0.2) is 11.2 Å². The zero-order chi connectivity index (χ0) is 12.3. The van der Waals surface area contributed by atoms with Gasteiger partial charge in [-0.2, -0.15) is 4.98 Å². The van der Waals surface area contributed by atoms with Crippen molar-refractivity contribution in [2.75, 3.05) is 5.73 Å². The lowest BCUT2D eigenvalue weighted by Crippen LogP contribution is -2.10. The summed E-state index contributed by atoms with van der Waals surface area (Å²) in [6, 6.07) is 0. The number of imidazole rings is 1. The second kappa shape index (κ2) is 4.99. The number of anilines is 1. The number of nitrogens with zero attached hydrogens (tertiary/aromatic N) is 2. The number of nitrogens with one attached hydrogen (secondary N) is 2. The molecule has 0 aliphatic carbocycles. The molecule has 0 bridgehead atoms. The first kappa shape index (κ1) is 11.6. The third kappa shape index (κ3) is 2.64. The van der Waals surface area contributed by atoms with Gasteiger partial charge in [-0.1, -0.05) is 26.2 Å². The highest BCUT2D eigenvalue weighted by Crippen LogP contribution is 2.08. The van der Waals surface area contributed by atoms with Gasteiger partial charge in [0.05, 0.1) is 0 Å². The lowest BCUT2D eigenvalue weighted by Gasteiger charge is -1.95. The van der Waals surface area contributed by atoms with E-state index in [0.29, 0.717) is 11.2 Å². The number of unbranched alkanes of at least 4 members (excludes halogenated alkanes) is 3. The Bertz CT molecular complexity index is 556. The Balaban J connectivity index is 2.15. The van der Waals surface area contributed by atoms with Crippen LogP contribution >= 0.6 is 0 Å². The molecule has 0 saturated carbocycles. The molecule has 4 N–H and O–H groups in total. The minimum absolute atomic E-state index is 0.103. The highest BCUT2D eigenvalue weighted by Gasteiger charge is 2.08. The van der Waals surface area contributed by atoms with Crippen LogP contribution in [0.3, 0.4) is 0 Å². The normalized spacial score (nSPS) is 11.1. The Kier molecular flexibility index (Phi) is 3.41. The van der Waals surface area contributed by atoms with E-state index in [0.717, 1.165) is 18.7 Å². The van der Waals surface area contributed by atoms with Crippen molar-refractivity contribution >= 4 is 17.1 Å². The first-order valence-corrected chi connectivity index (χ1v) is 5.95. The largest absolute Gasteiger partial charge is 0.369 e. The van der Waals surface area contributed by atoms with Crippen LogP contribution in [-0.2, 0) is 6.42 Å². The van der Waals surface area contributed by atoms with E-state index in [9.17, 15) is 4.79 Å². The van der Waals surface area contributed by atoms with E-state index in [1.807, 2.05) is 0 Å². The summed E-state index contributed by atoms with van der Waals surface area (Å²) in [6.07, 6.45) is 5.53. The minimum Gasteiger partial charge on any atom is -0.369 e. The number of aryl methyl sites for hydroxylation is 1. The zero-order valence-corrected chi connectivity index (χ0v) is 9.92. The van der Waals surface area contributed by atoms with Gasteiger partial charge in [0.1, 0.15) is 5.82 Å². The molecule has 0 radical (unpaired) electrons. The topological polar surface area (TPSA) is 100 Å². The predicted molar refractivity (Wildman–Crippen MR) is 66.8 cm³/mol. The molecule has 0 amide bonds. The average molecular weight is 235 g/mol. The summed E-state index contributed by atoms with van der Waals surface area (Å²) in [7, 11) is 0. The van der Waals surface area contributed by atoms with Crippen molar-refractivity contribution in [3.05, 3.63) is 16.2 Å². The first-order valence-electron chi connectivity index (χ1n) is 5.95. The highest BCUT2D eigenvalue weighted by molar-refractivity contribution is 5.70. The standard InChI is InChI=1S/C11H17N5O/c1-2-3-4-5-6-7-13-8-9(14-7)15-11(12)16-10(8)17/h2-6H2,1H3,(H4,12,13,14,15,16,17). The fourth-order valence-electron chi connectivity index (χ4n) is 1.81. The van der Waals surface area contributed by atoms with Gasteiger partial charge in [-0.25, -0.2) is 4.98 Å². The van der Waals surface area contributed by atoms with Crippen molar-refractivity contribution < 1.29 is 0 Å². The van der Waals surface area contributed by atoms with Crippen molar-refractivity contribution in [2.45, 2.75) is 39.0 Å². The van der Waals surface area contributed by atoms with Gasteiger partial charge in [-0.05, 0) is 6.42 Å². The zero-order valence-electron chi connectivity index (χ0n) is 9.92. The molecular weight excluding hydrogens is 218 g/mol. The molecule has 17 heavy (non-hydrogen) atoms. The fourth-order valence-corrected chi connectivity index (χ4v) is 1.81. The molecule has 0 aliphatic rings. The van der Waals surface area contributed by atoms with Gasteiger partial charge in [-0.15, -0.1) is 0 Å². The number of aromatic nitrogens is 4. The molecule has 6 nitrogen and oxygen atoms in total. The molecule has 0 saturated heterocycles. The maximum atomic E-state index is 11.5. The van der Waals surface area contributed by atoms with Crippen LogP contribution in [0.5, 0.6) is 0 Å². The van der Waals surface area contributed by atoms with Crippen LogP contribution in [0.2, 0.25) is 0 Å². The quantitative estimate of drug-likeness (QED) is 0.681. The summed E-state index contributed by atoms with van der Waals surface area (Å²) in [5.74, 6) is 0.909. The van der Waals surface area contributed by atoms with Crippen molar-refractivity contribution in [2.24, 2.45) is 0 Å². The number of fused-ring (bicyclic) bond motifs is 1. The third-order valence-corrected chi connectivity index (χ3v) is 2.70. The van der Waals surface area contributed by atoms with Gasteiger partial charge in [-0.3, -0.25) is 9.78 Å². The molecule has 0 spiro atoms. The lowest BCUT2D eigenvalue weighted by atomic mass is 10.1. The third-order valence-electron chi connectivity index (χ3n) is 2.70. The van der Waals surface area contributed by atoms with E-state index in [4.69, 9.17) is 5.73 Å². The van der Waals surface area contributed by atoms with E-state index >= 15 is 0 Å². The molecule has 0 aromatic carbocycles. The van der Waals surface area contributed by atoms with Crippen LogP contribution in [0.1, 0.15) is 38.4 Å². The van der Waals surface area contributed by atoms with E-state index in [-0.39, 0.29) is 11.5 Å². The Morgan fingerprint density at radius 1 is 1.18 bits per heavy atom. The highest BCUT2D eigenvalue weighted by atomic mass is 16.1. The molecule has 2 aromatic heterocycles. The Hall–Kier alpha value is -1.85. The fraction of sp³-hybridized carbons (Fsp3) is 0.545. The van der Waals surface area contributed by atoms with Crippen LogP contribution in [0.4, 0.5) is 5.95 Å². The van der Waals surface area contributed by atoms with Gasteiger partial charge in [0, 0.05) is 6.42 Å². The summed E-state index contributed by atoms with van der Waals surface area (Å²) < 4.78 is 0. The minimum atomic E-state index is -0.264. The number of hydrogen-bond acceptors (Lipinski definition) is 4. The predicted octanol–water partition coefficient (Wildman–Crippen LogP) is 1.35. The molecule has 6 heteroatoms. The number of hydrogen-bond donors (Lipinski definition) is 3. The average Bonchev–Trinajstić information content (AvgIpc) is 2.67. The van der Waals surface area contributed by atoms with Gasteiger partial charge in [0.2, 0.25) is 5.95 Å². The molecule has 2 heterocycles. The maximum Gasteiger partial charge on any atom is 0.278 e. The van der Waals surface area contributed by atoms with Crippen LogP contribution < -0.4 is 11.3 Å². The molecule has 0 aliphatic heterocycles. The SMILES string of the molecule is CCCCCCc1nc2nc(N)[nH]c(=O)c2[nH]1. The second-order valence-corrected chi connectivity index (χ2v) is 4.14. The number of aromatic amines is 2. The van der Waals surface area contributed by atoms with Crippen molar-refractivity contribution in [3.63, 3.8) is 0 Å². The Labute approximate surface area is 98.7 Å². The monoisotopic (exact) mass is 235 g/mol. The van der Waals surface area contributed by atoms with Crippen LogP contribution in [0.15, 0.2) is 4.79 Å². The summed E-state index contributed by atoms with van der Waals surface area (Å²) in [6.45, 7) is 2.17. The summed E-state index contributed by atoms with van der Waals surface area (Å²) in [4.78, 5) is 25.2. The number of H-pyrrole nitrogens is 2. The molecular formula is C11H17N5O. The Morgan fingerprint density at radius 3 is 2.76 bits per heavy atom. The molecule has 0 unspecified atom stereocenters. The number of nitrogens with two attached hydrogens (primary N) is 1. The van der Waals surface area contributed by atoms with Gasteiger partial charge >= 0.3 is 0 Å². The van der Waals surface area contributed by atoms with E-state index in [1.165, 1.54) is 19.3 Å². The summed E-state index contributed by atoms with van der Waals surface area (Å²) in [5, 5.41) is 0. The van der Waals surface area contributed by atoms with Crippen LogP contribution in [0, 0.1) is 0 Å². The van der Waals surface area contributed by atoms with Crippen molar-refractivity contribution in [1.82, 2.24) is 19.9 Å². The van der Waals surface area contributed by atoms with E-state index < -0.39 is 0 Å². The summed E-state index contributed by atoms with van der Waals surface area (Å²) >= 11 is 0. The van der Waals surface area contributed by atoms with Crippen molar-refractivity contribution in [1.29, 1.82) is 0 Å². The molecule has 2 rings (SSSR count). The summed E-state index contributed by atoms with van der Waals surface area (Å²) in [5.41, 5.74) is 6.00.